The molecule has 2 amide bonds. The molecular weight excluding hydrogens is 332 g/mol. The number of rotatable bonds is 4. The van der Waals surface area contributed by atoms with Gasteiger partial charge in [-0.2, -0.15) is 11.3 Å². The van der Waals surface area contributed by atoms with Crippen molar-refractivity contribution in [3.63, 3.8) is 0 Å². The Bertz CT molecular complexity index is 764. The van der Waals surface area contributed by atoms with E-state index in [-0.39, 0.29) is 23.6 Å². The van der Waals surface area contributed by atoms with Crippen molar-refractivity contribution in [3.8, 4) is 0 Å². The average molecular weight is 350 g/mol. The SMILES string of the molecule is C[C@@H](O)[C@H]1C(=O)N2C(C(=O)O)=C(c3cscc3C(=O)N(C)C)C[C@H]12. The molecule has 0 saturated carbocycles. The van der Waals surface area contributed by atoms with E-state index in [0.29, 0.717) is 23.1 Å². The fourth-order valence-electron chi connectivity index (χ4n) is 3.45. The van der Waals surface area contributed by atoms with Gasteiger partial charge < -0.3 is 20.0 Å². The summed E-state index contributed by atoms with van der Waals surface area (Å²) in [7, 11) is 3.26. The van der Waals surface area contributed by atoms with Crippen LogP contribution in [0.5, 0.6) is 0 Å². The summed E-state index contributed by atoms with van der Waals surface area (Å²) in [5, 5.41) is 22.8. The molecule has 1 aromatic rings. The number of carbonyl (C=O) groups excluding carboxylic acids is 2. The Kier molecular flexibility index (Phi) is 3.97. The summed E-state index contributed by atoms with van der Waals surface area (Å²) in [6.45, 7) is 1.53. The lowest BCUT2D eigenvalue weighted by Crippen LogP contribution is -2.61. The highest BCUT2D eigenvalue weighted by atomic mass is 32.1. The minimum Gasteiger partial charge on any atom is -0.477 e. The second kappa shape index (κ2) is 5.71. The van der Waals surface area contributed by atoms with Crippen LogP contribution in [0.1, 0.15) is 29.3 Å². The Labute approximate surface area is 142 Å². The number of hydrogen-bond acceptors (Lipinski definition) is 5. The van der Waals surface area contributed by atoms with Crippen molar-refractivity contribution >= 4 is 34.7 Å². The van der Waals surface area contributed by atoms with Crippen molar-refractivity contribution in [1.29, 1.82) is 0 Å². The van der Waals surface area contributed by atoms with Crippen molar-refractivity contribution < 1.29 is 24.6 Å². The maximum absolute atomic E-state index is 12.3. The van der Waals surface area contributed by atoms with E-state index in [9.17, 15) is 24.6 Å². The summed E-state index contributed by atoms with van der Waals surface area (Å²) in [6.07, 6.45) is -0.508. The minimum absolute atomic E-state index is 0.0758. The Hall–Kier alpha value is -2.19. The fourth-order valence-corrected chi connectivity index (χ4v) is 4.28. The summed E-state index contributed by atoms with van der Waals surface area (Å²) < 4.78 is 0. The summed E-state index contributed by atoms with van der Waals surface area (Å²) in [5.74, 6) is -2.38. The van der Waals surface area contributed by atoms with Crippen LogP contribution >= 0.6 is 11.3 Å². The zero-order valence-electron chi connectivity index (χ0n) is 13.5. The van der Waals surface area contributed by atoms with Crippen molar-refractivity contribution in [2.24, 2.45) is 5.92 Å². The molecule has 2 aliphatic heterocycles. The number of carboxylic acids is 1. The highest BCUT2D eigenvalue weighted by Gasteiger charge is 2.57. The van der Waals surface area contributed by atoms with Gasteiger partial charge in [-0.1, -0.05) is 0 Å². The molecule has 7 nitrogen and oxygen atoms in total. The monoisotopic (exact) mass is 350 g/mol. The van der Waals surface area contributed by atoms with E-state index in [4.69, 9.17) is 0 Å². The first-order valence-corrected chi connectivity index (χ1v) is 8.45. The maximum Gasteiger partial charge on any atom is 0.352 e. The molecule has 0 aliphatic carbocycles. The van der Waals surface area contributed by atoms with Crippen LogP contribution in [0.3, 0.4) is 0 Å². The van der Waals surface area contributed by atoms with Gasteiger partial charge in [0.25, 0.3) is 5.91 Å². The largest absolute Gasteiger partial charge is 0.477 e. The number of amides is 2. The van der Waals surface area contributed by atoms with E-state index in [0.717, 1.165) is 0 Å². The average Bonchev–Trinajstić information content (AvgIpc) is 3.07. The van der Waals surface area contributed by atoms with Gasteiger partial charge in [0.1, 0.15) is 5.70 Å². The molecule has 1 saturated heterocycles. The van der Waals surface area contributed by atoms with E-state index in [1.54, 1.807) is 24.9 Å². The molecule has 2 aliphatic rings. The lowest BCUT2D eigenvalue weighted by molar-refractivity contribution is -0.161. The van der Waals surface area contributed by atoms with Crippen molar-refractivity contribution in [1.82, 2.24) is 9.80 Å². The Morgan fingerprint density at radius 2 is 2.04 bits per heavy atom. The van der Waals surface area contributed by atoms with Gasteiger partial charge in [-0.05, 0) is 24.3 Å². The predicted molar refractivity (Wildman–Crippen MR) is 87.3 cm³/mol. The lowest BCUT2D eigenvalue weighted by atomic mass is 9.82. The number of thiophene rings is 1. The summed E-state index contributed by atoms with van der Waals surface area (Å²) in [4.78, 5) is 39.0. The minimum atomic E-state index is -1.20. The van der Waals surface area contributed by atoms with E-state index >= 15 is 0 Å². The highest BCUT2D eigenvalue weighted by Crippen LogP contribution is 2.47. The van der Waals surface area contributed by atoms with Crippen LogP contribution in [0.15, 0.2) is 16.5 Å². The number of carbonyl (C=O) groups is 3. The number of aliphatic hydroxyl groups excluding tert-OH is 1. The van der Waals surface area contributed by atoms with Crippen molar-refractivity contribution in [2.75, 3.05) is 14.1 Å². The van der Waals surface area contributed by atoms with Gasteiger partial charge in [-0.15, -0.1) is 0 Å². The highest BCUT2D eigenvalue weighted by molar-refractivity contribution is 7.08. The molecule has 0 aromatic carbocycles. The number of aliphatic carboxylic acids is 1. The standard InChI is InChI=1S/C16H18N2O5S/c1-7(19)12-11-4-8(13(16(22)23)18(11)15(12)21)9-5-24-6-10(9)14(20)17(2)3/h5-7,11-12,19H,4H2,1-3H3,(H,22,23)/t7-,11-,12-/m1/s1. The number of fused-ring (bicyclic) bond motifs is 1. The zero-order valence-corrected chi connectivity index (χ0v) is 14.3. The molecule has 2 N–H and O–H groups in total. The van der Waals surface area contributed by atoms with Crippen LogP contribution in [0.25, 0.3) is 5.57 Å². The van der Waals surface area contributed by atoms with Gasteiger partial charge >= 0.3 is 5.97 Å². The number of β-lactam (4-membered cyclic amide) rings is 1. The van der Waals surface area contributed by atoms with Gasteiger partial charge in [0.2, 0.25) is 5.91 Å². The first-order chi connectivity index (χ1) is 11.3. The van der Waals surface area contributed by atoms with Crippen LogP contribution < -0.4 is 0 Å². The topological polar surface area (TPSA) is 98.1 Å². The van der Waals surface area contributed by atoms with Gasteiger partial charge in [-0.3, -0.25) is 9.59 Å². The van der Waals surface area contributed by atoms with Crippen LogP contribution in [0.4, 0.5) is 0 Å². The van der Waals surface area contributed by atoms with Crippen molar-refractivity contribution in [3.05, 3.63) is 27.6 Å². The van der Waals surface area contributed by atoms with Crippen LogP contribution in [-0.2, 0) is 9.59 Å². The van der Waals surface area contributed by atoms with Crippen LogP contribution in [-0.4, -0.2) is 64.0 Å². The molecule has 24 heavy (non-hydrogen) atoms. The van der Waals surface area contributed by atoms with Crippen LogP contribution in [0, 0.1) is 5.92 Å². The Morgan fingerprint density at radius 1 is 1.38 bits per heavy atom. The summed E-state index contributed by atoms with van der Waals surface area (Å²) >= 11 is 1.32. The molecule has 128 valence electrons. The third kappa shape index (κ3) is 2.25. The molecule has 3 heterocycles. The second-order valence-corrected chi connectivity index (χ2v) is 7.02. The van der Waals surface area contributed by atoms with Crippen molar-refractivity contribution in [2.45, 2.75) is 25.5 Å². The van der Waals surface area contributed by atoms with Gasteiger partial charge in [0.15, 0.2) is 0 Å². The molecule has 8 heteroatoms. The molecule has 0 radical (unpaired) electrons. The van der Waals surface area contributed by atoms with Gasteiger partial charge in [0, 0.05) is 25.0 Å². The third-order valence-corrected chi connectivity index (χ3v) is 5.30. The summed E-state index contributed by atoms with van der Waals surface area (Å²) in [5.41, 5.74) is 1.40. The normalized spacial score (nSPS) is 23.8. The number of nitrogens with zero attached hydrogens (tertiary/aromatic N) is 2. The molecular formula is C16H18N2O5S. The zero-order chi connectivity index (χ0) is 17.8. The number of carboxylic acid groups (broad SMARTS) is 1. The van der Waals surface area contributed by atoms with E-state index in [2.05, 4.69) is 0 Å². The van der Waals surface area contributed by atoms with E-state index in [1.807, 2.05) is 0 Å². The Morgan fingerprint density at radius 3 is 2.58 bits per heavy atom. The molecule has 0 spiro atoms. The number of hydrogen-bond donors (Lipinski definition) is 2. The predicted octanol–water partition coefficient (Wildman–Crippen LogP) is 0.857. The Balaban J connectivity index is 2.06. The second-order valence-electron chi connectivity index (χ2n) is 6.28. The molecule has 1 aromatic heterocycles. The van der Waals surface area contributed by atoms with Gasteiger partial charge in [-0.25, -0.2) is 4.79 Å². The van der Waals surface area contributed by atoms with Gasteiger partial charge in [0.05, 0.1) is 23.6 Å². The third-order valence-electron chi connectivity index (χ3n) is 4.55. The smallest absolute Gasteiger partial charge is 0.352 e. The fraction of sp³-hybridized carbons (Fsp3) is 0.438. The van der Waals surface area contributed by atoms with E-state index < -0.39 is 18.0 Å². The molecule has 1 fully saturated rings. The first kappa shape index (κ1) is 16.7. The molecule has 3 rings (SSSR count). The lowest BCUT2D eigenvalue weighted by Gasteiger charge is -2.44. The number of aliphatic hydroxyl groups is 1. The first-order valence-electron chi connectivity index (χ1n) is 7.51. The summed E-state index contributed by atoms with van der Waals surface area (Å²) in [6, 6.07) is -0.360. The molecule has 3 atom stereocenters. The van der Waals surface area contributed by atoms with Crippen LogP contribution in [0.2, 0.25) is 0 Å². The quantitative estimate of drug-likeness (QED) is 0.785. The van der Waals surface area contributed by atoms with E-state index in [1.165, 1.54) is 28.1 Å². The molecule has 0 unspecified atom stereocenters. The maximum atomic E-state index is 12.3. The molecule has 0 bridgehead atoms.